The van der Waals surface area contributed by atoms with E-state index in [1.807, 2.05) is 30.7 Å². The molecule has 37 heavy (non-hydrogen) atoms. The van der Waals surface area contributed by atoms with E-state index in [0.717, 1.165) is 11.1 Å². The maximum Gasteiger partial charge on any atom is 0.270 e. The van der Waals surface area contributed by atoms with Crippen molar-refractivity contribution >= 4 is 40.7 Å². The molecule has 0 aliphatic rings. The molecule has 0 fully saturated rings. The first kappa shape index (κ1) is 26.1. The topological polar surface area (TPSA) is 146 Å². The molecule has 3 aromatic heterocycles. The van der Waals surface area contributed by atoms with Gasteiger partial charge in [-0.05, 0) is 53.6 Å². The lowest BCUT2D eigenvalue weighted by molar-refractivity contribution is 0.0901. The SMILES string of the molecule is CC(C)C[C@@H](CO)NC(=O)c1c(-c2ccsc2)nc2c(C(=O)NCc3ccc(N)c(C=N)c3)cccn12. The van der Waals surface area contributed by atoms with Crippen molar-refractivity contribution in [2.75, 3.05) is 12.3 Å². The Bertz CT molecular complexity index is 1430. The molecule has 0 aliphatic carbocycles. The fourth-order valence-electron chi connectivity index (χ4n) is 4.20. The first-order chi connectivity index (χ1) is 17.8. The molecule has 1 atom stereocenters. The molecule has 1 aromatic carbocycles. The Hall–Kier alpha value is -4.02. The summed E-state index contributed by atoms with van der Waals surface area (Å²) in [5, 5.41) is 26.9. The molecule has 0 bridgehead atoms. The third-order valence-corrected chi connectivity index (χ3v) is 6.66. The van der Waals surface area contributed by atoms with Crippen LogP contribution < -0.4 is 16.4 Å². The average Bonchev–Trinajstić information content (AvgIpc) is 3.55. The minimum Gasteiger partial charge on any atom is -0.398 e. The van der Waals surface area contributed by atoms with Crippen molar-refractivity contribution < 1.29 is 14.7 Å². The summed E-state index contributed by atoms with van der Waals surface area (Å²) in [5.74, 6) is -0.421. The number of nitrogens with zero attached hydrogens (tertiary/aromatic N) is 2. The summed E-state index contributed by atoms with van der Waals surface area (Å²) in [5.41, 5.74) is 9.96. The molecular weight excluding hydrogens is 488 g/mol. The summed E-state index contributed by atoms with van der Waals surface area (Å²) >= 11 is 1.49. The highest BCUT2D eigenvalue weighted by molar-refractivity contribution is 7.08. The minimum atomic E-state index is -0.398. The predicted molar refractivity (Wildman–Crippen MR) is 146 cm³/mol. The summed E-state index contributed by atoms with van der Waals surface area (Å²) in [4.78, 5) is 31.4. The van der Waals surface area contributed by atoms with Crippen LogP contribution in [0, 0.1) is 11.3 Å². The van der Waals surface area contributed by atoms with Crippen molar-refractivity contribution in [3.05, 3.63) is 75.7 Å². The first-order valence-corrected chi connectivity index (χ1v) is 12.9. The maximum atomic E-state index is 13.5. The second-order valence-corrected chi connectivity index (χ2v) is 9.99. The number of benzene rings is 1. The van der Waals surface area contributed by atoms with E-state index in [9.17, 15) is 14.7 Å². The van der Waals surface area contributed by atoms with Crippen molar-refractivity contribution in [1.29, 1.82) is 5.41 Å². The van der Waals surface area contributed by atoms with Crippen LogP contribution in [-0.4, -0.2) is 45.2 Å². The Balaban J connectivity index is 1.68. The van der Waals surface area contributed by atoms with Crippen LogP contribution >= 0.6 is 11.3 Å². The third kappa shape index (κ3) is 5.71. The number of anilines is 1. The third-order valence-electron chi connectivity index (χ3n) is 5.98. The van der Waals surface area contributed by atoms with E-state index in [4.69, 9.17) is 16.1 Å². The standard InChI is InChI=1S/C27H30N6O3S/c1-16(2)10-20(14-34)31-27(36)24-23(18-7-9-37-15-18)32-25-21(4-3-8-33(24)25)26(35)30-13-17-5-6-22(29)19(11-17)12-28/h3-9,11-12,15-16,20,28,34H,10,13-14,29H2,1-2H3,(H,30,35)(H,31,36)/t20-/m0/s1. The smallest absolute Gasteiger partial charge is 0.270 e. The number of rotatable bonds is 10. The molecule has 9 nitrogen and oxygen atoms in total. The number of hydrogen-bond donors (Lipinski definition) is 5. The summed E-state index contributed by atoms with van der Waals surface area (Å²) in [6.45, 7) is 4.12. The molecule has 192 valence electrons. The number of hydrogen-bond acceptors (Lipinski definition) is 7. The molecule has 4 rings (SSSR count). The van der Waals surface area contributed by atoms with Gasteiger partial charge in [0.05, 0.1) is 18.2 Å². The number of thiophene rings is 1. The molecule has 0 unspecified atom stereocenters. The number of nitrogens with two attached hydrogens (primary N) is 1. The number of aliphatic hydroxyl groups excluding tert-OH is 1. The number of pyridine rings is 1. The highest BCUT2D eigenvalue weighted by atomic mass is 32.1. The van der Waals surface area contributed by atoms with Crippen molar-refractivity contribution in [2.45, 2.75) is 32.9 Å². The molecule has 2 amide bonds. The quantitative estimate of drug-likeness (QED) is 0.160. The fourth-order valence-corrected chi connectivity index (χ4v) is 4.84. The van der Waals surface area contributed by atoms with E-state index in [2.05, 4.69) is 10.6 Å². The van der Waals surface area contributed by atoms with Gasteiger partial charge in [-0.2, -0.15) is 11.3 Å². The van der Waals surface area contributed by atoms with Crippen molar-refractivity contribution in [3.8, 4) is 11.3 Å². The highest BCUT2D eigenvalue weighted by Gasteiger charge is 2.25. The Morgan fingerprint density at radius 2 is 2.05 bits per heavy atom. The zero-order valence-electron chi connectivity index (χ0n) is 20.7. The van der Waals surface area contributed by atoms with Crippen LogP contribution in [0.5, 0.6) is 0 Å². The second kappa shape index (κ2) is 11.4. The van der Waals surface area contributed by atoms with Crippen molar-refractivity contribution in [1.82, 2.24) is 20.0 Å². The Kier molecular flexibility index (Phi) is 8.00. The molecule has 3 heterocycles. The number of carbonyl (C=O) groups excluding carboxylic acids is 2. The largest absolute Gasteiger partial charge is 0.398 e. The lowest BCUT2D eigenvalue weighted by Crippen LogP contribution is -2.39. The van der Waals surface area contributed by atoms with Gasteiger partial charge in [0.2, 0.25) is 0 Å². The first-order valence-electron chi connectivity index (χ1n) is 11.9. The van der Waals surface area contributed by atoms with Crippen molar-refractivity contribution in [3.63, 3.8) is 0 Å². The average molecular weight is 519 g/mol. The molecule has 6 N–H and O–H groups in total. The van der Waals surface area contributed by atoms with Gasteiger partial charge < -0.3 is 26.9 Å². The normalized spacial score (nSPS) is 12.0. The van der Waals surface area contributed by atoms with Crippen LogP contribution in [0.3, 0.4) is 0 Å². The lowest BCUT2D eigenvalue weighted by Gasteiger charge is -2.18. The molecule has 0 aliphatic heterocycles. The van der Waals surface area contributed by atoms with Gasteiger partial charge in [0, 0.05) is 41.2 Å². The van der Waals surface area contributed by atoms with Crippen molar-refractivity contribution in [2.24, 2.45) is 5.92 Å². The number of imidazole rings is 1. The van der Waals surface area contributed by atoms with Gasteiger partial charge in [-0.15, -0.1) is 0 Å². The van der Waals surface area contributed by atoms with Gasteiger partial charge in [0.25, 0.3) is 11.8 Å². The number of fused-ring (bicyclic) bond motifs is 1. The number of nitrogens with one attached hydrogen (secondary N) is 3. The van der Waals surface area contributed by atoms with Gasteiger partial charge in [-0.1, -0.05) is 19.9 Å². The predicted octanol–water partition coefficient (Wildman–Crippen LogP) is 3.71. The molecule has 0 radical (unpaired) electrons. The van der Waals surface area contributed by atoms with Gasteiger partial charge in [0.15, 0.2) is 5.65 Å². The van der Waals surface area contributed by atoms with E-state index < -0.39 is 6.04 Å². The number of nitrogen functional groups attached to an aromatic ring is 1. The van der Waals surface area contributed by atoms with Crippen LogP contribution in [0.2, 0.25) is 0 Å². The molecule has 0 saturated heterocycles. The van der Waals surface area contributed by atoms with E-state index in [1.54, 1.807) is 40.9 Å². The summed E-state index contributed by atoms with van der Waals surface area (Å²) in [6.07, 6.45) is 3.51. The summed E-state index contributed by atoms with van der Waals surface area (Å²) in [6, 6.07) is 10.1. The van der Waals surface area contributed by atoms with E-state index in [-0.39, 0.29) is 25.0 Å². The Morgan fingerprint density at radius 3 is 2.73 bits per heavy atom. The molecular formula is C27H30N6O3S. The summed E-state index contributed by atoms with van der Waals surface area (Å²) < 4.78 is 1.62. The van der Waals surface area contributed by atoms with Gasteiger partial charge >= 0.3 is 0 Å². The Labute approximate surface area is 218 Å². The Morgan fingerprint density at radius 1 is 1.24 bits per heavy atom. The lowest BCUT2D eigenvalue weighted by atomic mass is 10.0. The second-order valence-electron chi connectivity index (χ2n) is 9.21. The fraction of sp³-hybridized carbons (Fsp3) is 0.259. The van der Waals surface area contributed by atoms with Crippen LogP contribution in [0.4, 0.5) is 5.69 Å². The van der Waals surface area contributed by atoms with Gasteiger partial charge in [-0.25, -0.2) is 4.98 Å². The minimum absolute atomic E-state index is 0.174. The van der Waals surface area contributed by atoms with Crippen LogP contribution in [0.1, 0.15) is 52.2 Å². The molecule has 4 aromatic rings. The number of aromatic nitrogens is 2. The molecule has 0 spiro atoms. The summed E-state index contributed by atoms with van der Waals surface area (Å²) in [7, 11) is 0. The molecule has 10 heteroatoms. The highest BCUT2D eigenvalue weighted by Crippen LogP contribution is 2.28. The van der Waals surface area contributed by atoms with Gasteiger partial charge in [-0.3, -0.25) is 14.0 Å². The van der Waals surface area contributed by atoms with Gasteiger partial charge in [0.1, 0.15) is 11.4 Å². The maximum absolute atomic E-state index is 13.5. The van der Waals surface area contributed by atoms with E-state index in [0.29, 0.717) is 46.2 Å². The number of aliphatic hydroxyl groups is 1. The zero-order valence-corrected chi connectivity index (χ0v) is 21.5. The van der Waals surface area contributed by atoms with E-state index in [1.165, 1.54) is 17.6 Å². The number of carbonyl (C=O) groups is 2. The number of amides is 2. The van der Waals surface area contributed by atoms with Crippen LogP contribution in [-0.2, 0) is 6.54 Å². The molecule has 0 saturated carbocycles. The van der Waals surface area contributed by atoms with Crippen LogP contribution in [0.15, 0.2) is 53.4 Å². The van der Waals surface area contributed by atoms with Crippen LogP contribution in [0.25, 0.3) is 16.9 Å². The van der Waals surface area contributed by atoms with E-state index >= 15 is 0 Å². The zero-order chi connectivity index (χ0) is 26.5. The monoisotopic (exact) mass is 518 g/mol.